The Balaban J connectivity index is 1.33. The number of carbonyl (C=O) groups is 1. The fourth-order valence-corrected chi connectivity index (χ4v) is 5.73. The number of aromatic nitrogens is 2. The van der Waals surface area contributed by atoms with E-state index in [0.717, 1.165) is 16.7 Å². The highest BCUT2D eigenvalue weighted by atomic mass is 32.2. The summed E-state index contributed by atoms with van der Waals surface area (Å²) in [5, 5.41) is 2.88. The standard InChI is InChI=1S/C28H30N4O5S/c1-19-11-26(36-4)12-20(2)27(19)38(34,35)32(3)10-9-25-13-23(17-37-25)28(33)31-14-21-5-7-22(8-6-21)24-15-29-18-30-16-24/h5-8,11-13,15-18H,9-10,14H2,1-4H3,(H,31,33). The summed E-state index contributed by atoms with van der Waals surface area (Å²) in [5.74, 6) is 0.864. The third-order valence-corrected chi connectivity index (χ3v) is 8.39. The van der Waals surface area contributed by atoms with E-state index in [1.54, 1.807) is 51.6 Å². The number of carbonyl (C=O) groups excluding carboxylic acids is 1. The van der Waals surface area contributed by atoms with Crippen molar-refractivity contribution < 1.29 is 22.4 Å². The molecule has 0 radical (unpaired) electrons. The van der Waals surface area contributed by atoms with Gasteiger partial charge >= 0.3 is 0 Å². The molecular formula is C28H30N4O5S. The number of methoxy groups -OCH3 is 1. The second kappa shape index (κ2) is 11.6. The van der Waals surface area contributed by atoms with E-state index in [1.807, 2.05) is 24.3 Å². The van der Waals surface area contributed by atoms with Crippen LogP contribution >= 0.6 is 0 Å². The van der Waals surface area contributed by atoms with E-state index in [4.69, 9.17) is 9.15 Å². The number of hydrogen-bond donors (Lipinski definition) is 1. The number of sulfonamides is 1. The fraction of sp³-hybridized carbons (Fsp3) is 0.250. The van der Waals surface area contributed by atoms with E-state index < -0.39 is 10.0 Å². The minimum absolute atomic E-state index is 0.195. The van der Waals surface area contributed by atoms with Crippen molar-refractivity contribution in [1.82, 2.24) is 19.6 Å². The van der Waals surface area contributed by atoms with Crippen LogP contribution in [0, 0.1) is 13.8 Å². The molecule has 1 N–H and O–H groups in total. The predicted octanol–water partition coefficient (Wildman–Crippen LogP) is 4.16. The van der Waals surface area contributed by atoms with Gasteiger partial charge in [0.05, 0.1) is 17.6 Å². The third-order valence-electron chi connectivity index (χ3n) is 6.23. The molecule has 0 unspecified atom stereocenters. The van der Waals surface area contributed by atoms with Crippen LogP contribution in [-0.2, 0) is 23.0 Å². The summed E-state index contributed by atoms with van der Waals surface area (Å²) in [6, 6.07) is 12.8. The molecule has 10 heteroatoms. The summed E-state index contributed by atoms with van der Waals surface area (Å²) in [6.07, 6.45) is 6.68. The first-order valence-electron chi connectivity index (χ1n) is 12.0. The van der Waals surface area contributed by atoms with Crippen molar-refractivity contribution in [3.8, 4) is 16.9 Å². The Morgan fingerprint density at radius 1 is 1.03 bits per heavy atom. The Bertz CT molecular complexity index is 1490. The zero-order valence-electron chi connectivity index (χ0n) is 21.8. The minimum atomic E-state index is -3.72. The molecule has 198 valence electrons. The Kier molecular flexibility index (Phi) is 8.23. The quantitative estimate of drug-likeness (QED) is 0.325. The van der Waals surface area contributed by atoms with E-state index in [9.17, 15) is 13.2 Å². The van der Waals surface area contributed by atoms with Gasteiger partial charge in [0.25, 0.3) is 5.91 Å². The van der Waals surface area contributed by atoms with Gasteiger partial charge in [-0.15, -0.1) is 0 Å². The lowest BCUT2D eigenvalue weighted by atomic mass is 10.1. The molecule has 0 aliphatic heterocycles. The maximum atomic E-state index is 13.2. The van der Waals surface area contributed by atoms with Gasteiger partial charge in [-0.1, -0.05) is 24.3 Å². The second-order valence-electron chi connectivity index (χ2n) is 8.98. The van der Waals surface area contributed by atoms with E-state index in [-0.39, 0.29) is 17.3 Å². The summed E-state index contributed by atoms with van der Waals surface area (Å²) in [7, 11) is -0.635. The zero-order valence-corrected chi connectivity index (χ0v) is 22.6. The Morgan fingerprint density at radius 3 is 2.32 bits per heavy atom. The van der Waals surface area contributed by atoms with Crippen LogP contribution in [0.2, 0.25) is 0 Å². The van der Waals surface area contributed by atoms with Crippen molar-refractivity contribution in [1.29, 1.82) is 0 Å². The van der Waals surface area contributed by atoms with Gasteiger partial charge < -0.3 is 14.5 Å². The van der Waals surface area contributed by atoms with Crippen LogP contribution in [0.3, 0.4) is 0 Å². The first-order chi connectivity index (χ1) is 18.2. The van der Waals surface area contributed by atoms with Crippen LogP contribution in [0.5, 0.6) is 5.75 Å². The average Bonchev–Trinajstić information content (AvgIpc) is 3.39. The maximum absolute atomic E-state index is 13.2. The van der Waals surface area contributed by atoms with Crippen LogP contribution in [0.1, 0.15) is 32.8 Å². The SMILES string of the molecule is COc1cc(C)c(S(=O)(=O)N(C)CCc2cc(C(=O)NCc3ccc(-c4cncnc4)cc3)co2)c(C)c1. The van der Waals surface area contributed by atoms with Gasteiger partial charge in [0, 0.05) is 44.5 Å². The van der Waals surface area contributed by atoms with Crippen molar-refractivity contribution in [2.75, 3.05) is 20.7 Å². The number of hydrogen-bond acceptors (Lipinski definition) is 7. The number of benzene rings is 2. The molecule has 2 heterocycles. The number of rotatable bonds is 10. The van der Waals surface area contributed by atoms with Crippen molar-refractivity contribution in [2.45, 2.75) is 31.7 Å². The van der Waals surface area contributed by atoms with Crippen molar-refractivity contribution in [2.24, 2.45) is 0 Å². The number of furan rings is 1. The fourth-order valence-electron chi connectivity index (χ4n) is 4.16. The van der Waals surface area contributed by atoms with Gasteiger partial charge in [-0.05, 0) is 54.3 Å². The minimum Gasteiger partial charge on any atom is -0.497 e. The largest absolute Gasteiger partial charge is 0.497 e. The van der Waals surface area contributed by atoms with Crippen LogP contribution in [0.25, 0.3) is 11.1 Å². The van der Waals surface area contributed by atoms with Crippen LogP contribution in [0.15, 0.2) is 76.8 Å². The topological polar surface area (TPSA) is 115 Å². The summed E-state index contributed by atoms with van der Waals surface area (Å²) < 4.78 is 38.5. The third kappa shape index (κ3) is 6.09. The zero-order chi connectivity index (χ0) is 27.3. The number of ether oxygens (including phenoxy) is 1. The van der Waals surface area contributed by atoms with Crippen LogP contribution in [-0.4, -0.2) is 49.3 Å². The van der Waals surface area contributed by atoms with E-state index in [1.165, 1.54) is 23.9 Å². The molecule has 4 rings (SSSR count). The number of aryl methyl sites for hydroxylation is 2. The summed E-state index contributed by atoms with van der Waals surface area (Å²) in [4.78, 5) is 20.9. The molecule has 0 saturated heterocycles. The first kappa shape index (κ1) is 27.0. The first-order valence-corrected chi connectivity index (χ1v) is 13.4. The average molecular weight is 535 g/mol. The molecule has 2 aromatic carbocycles. The molecule has 0 aliphatic carbocycles. The molecule has 9 nitrogen and oxygen atoms in total. The Labute approximate surface area is 222 Å². The van der Waals surface area contributed by atoms with Crippen molar-refractivity contribution in [3.05, 3.63) is 95.5 Å². The lowest BCUT2D eigenvalue weighted by Gasteiger charge is -2.20. The highest BCUT2D eigenvalue weighted by molar-refractivity contribution is 7.89. The molecule has 38 heavy (non-hydrogen) atoms. The summed E-state index contributed by atoms with van der Waals surface area (Å²) in [6.45, 7) is 4.05. The van der Waals surface area contributed by atoms with Gasteiger partial charge in [-0.25, -0.2) is 22.7 Å². The highest BCUT2D eigenvalue weighted by Crippen LogP contribution is 2.28. The van der Waals surface area contributed by atoms with E-state index in [0.29, 0.717) is 41.2 Å². The molecule has 0 spiro atoms. The molecule has 0 aliphatic rings. The molecule has 4 aromatic rings. The highest BCUT2D eigenvalue weighted by Gasteiger charge is 2.25. The lowest BCUT2D eigenvalue weighted by molar-refractivity contribution is 0.0950. The molecule has 0 bridgehead atoms. The number of nitrogens with zero attached hydrogens (tertiary/aromatic N) is 3. The summed E-state index contributed by atoms with van der Waals surface area (Å²) >= 11 is 0. The molecule has 0 fully saturated rings. The molecule has 2 aromatic heterocycles. The number of likely N-dealkylation sites (N-methyl/N-ethyl adjacent to an activating group) is 1. The smallest absolute Gasteiger partial charge is 0.254 e. The van der Waals surface area contributed by atoms with Gasteiger partial charge in [0.2, 0.25) is 10.0 Å². The van der Waals surface area contributed by atoms with Gasteiger partial charge in [0.1, 0.15) is 24.1 Å². The van der Waals surface area contributed by atoms with Gasteiger partial charge in [0.15, 0.2) is 0 Å². The normalized spacial score (nSPS) is 11.5. The van der Waals surface area contributed by atoms with Crippen molar-refractivity contribution in [3.63, 3.8) is 0 Å². The predicted molar refractivity (Wildman–Crippen MR) is 143 cm³/mol. The van der Waals surface area contributed by atoms with Gasteiger partial charge in [-0.3, -0.25) is 4.79 Å². The molecule has 0 atom stereocenters. The monoisotopic (exact) mass is 534 g/mol. The molecule has 1 amide bonds. The Morgan fingerprint density at radius 2 is 1.68 bits per heavy atom. The van der Waals surface area contributed by atoms with E-state index in [2.05, 4.69) is 15.3 Å². The maximum Gasteiger partial charge on any atom is 0.254 e. The van der Waals surface area contributed by atoms with Gasteiger partial charge in [-0.2, -0.15) is 0 Å². The lowest BCUT2D eigenvalue weighted by Crippen LogP contribution is -2.30. The molecular weight excluding hydrogens is 504 g/mol. The van der Waals surface area contributed by atoms with E-state index >= 15 is 0 Å². The molecule has 0 saturated carbocycles. The number of nitrogens with one attached hydrogen (secondary N) is 1. The summed E-state index contributed by atoms with van der Waals surface area (Å²) in [5.41, 5.74) is 4.47. The van der Waals surface area contributed by atoms with Crippen LogP contribution < -0.4 is 10.1 Å². The Hall–Kier alpha value is -4.02. The second-order valence-corrected chi connectivity index (χ2v) is 11.0. The van der Waals surface area contributed by atoms with Crippen molar-refractivity contribution >= 4 is 15.9 Å². The number of amides is 1. The van der Waals surface area contributed by atoms with Crippen LogP contribution in [0.4, 0.5) is 0 Å².